The number of Topliss-reactive ketones (excluding diaryl/α,β-unsaturated/α-hetero) is 2. The first-order valence-corrected chi connectivity index (χ1v) is 14.2. The number of aromatic hydroxyl groups is 6. The van der Waals surface area contributed by atoms with Gasteiger partial charge < -0.3 is 40.5 Å². The Morgan fingerprint density at radius 3 is 2.13 bits per heavy atom. The van der Waals surface area contributed by atoms with Crippen molar-refractivity contribution in [3.05, 3.63) is 112 Å². The summed E-state index contributed by atoms with van der Waals surface area (Å²) in [5.74, 6) is -4.84. The summed E-state index contributed by atoms with van der Waals surface area (Å²) in [7, 11) is 0. The molecule has 1 aliphatic heterocycles. The number of rotatable bonds is 5. The van der Waals surface area contributed by atoms with Crippen molar-refractivity contribution < 1.29 is 50.1 Å². The van der Waals surface area contributed by atoms with Gasteiger partial charge >= 0.3 is 0 Å². The number of fused-ring (bicyclic) bond motifs is 1. The number of aliphatic hydroxyl groups excluding tert-OH is 1. The van der Waals surface area contributed by atoms with Gasteiger partial charge in [-0.15, -0.1) is 0 Å². The average molecular weight is 611 g/mol. The normalized spacial score (nSPS) is 22.7. The zero-order valence-electron chi connectivity index (χ0n) is 24.0. The van der Waals surface area contributed by atoms with Crippen molar-refractivity contribution in [1.82, 2.24) is 0 Å². The number of benzene rings is 4. The van der Waals surface area contributed by atoms with Gasteiger partial charge in [0.15, 0.2) is 23.8 Å². The predicted molar refractivity (Wildman–Crippen MR) is 161 cm³/mol. The molecule has 0 bridgehead atoms. The molecule has 1 heterocycles. The first-order valence-electron chi connectivity index (χ1n) is 14.2. The third-order valence-electron chi connectivity index (χ3n) is 8.57. The lowest BCUT2D eigenvalue weighted by Crippen LogP contribution is -2.36. The highest BCUT2D eigenvalue weighted by atomic mass is 16.5. The maximum Gasteiger partial charge on any atom is 0.199 e. The fraction of sp³-hybridized carbons (Fsp3) is 0.200. The van der Waals surface area contributed by atoms with Crippen LogP contribution in [0.1, 0.15) is 68.7 Å². The number of carbonyl (C=O) groups is 2. The fourth-order valence-electron chi connectivity index (χ4n) is 6.46. The number of allylic oxidation sites excluding steroid dienone is 2. The van der Waals surface area contributed by atoms with Gasteiger partial charge in [0.25, 0.3) is 0 Å². The van der Waals surface area contributed by atoms with E-state index in [0.29, 0.717) is 17.5 Å². The molecule has 0 saturated carbocycles. The molecule has 0 radical (unpaired) electrons. The molecule has 0 aromatic heterocycles. The number of hydrogen-bond acceptors (Lipinski definition) is 10. The number of phenolic OH excluding ortho intramolecular Hbond substituents is 6. The highest BCUT2D eigenvalue weighted by Gasteiger charge is 2.43. The van der Waals surface area contributed by atoms with Gasteiger partial charge in [0, 0.05) is 41.5 Å². The Kier molecular flexibility index (Phi) is 7.38. The van der Waals surface area contributed by atoms with Crippen molar-refractivity contribution in [3.63, 3.8) is 0 Å². The van der Waals surface area contributed by atoms with Crippen LogP contribution in [0.4, 0.5) is 0 Å². The topological polar surface area (TPSA) is 185 Å². The van der Waals surface area contributed by atoms with Crippen LogP contribution < -0.4 is 4.74 Å². The SMILES string of the molecule is CC1=C[C@@H](c2ccc(O)c([C@@H]3Oc4cc(O)ccc4C(=O)[C@@H]3O)c2)[C@H](C(=O)c2ccc(O)cc2O)[C@@H](c2ccc(O)cc2O)C1. The Hall–Kier alpha value is -5.48. The van der Waals surface area contributed by atoms with Crippen LogP contribution in [0.5, 0.6) is 40.2 Å². The Balaban J connectivity index is 1.48. The van der Waals surface area contributed by atoms with Crippen molar-refractivity contribution in [2.45, 2.75) is 37.4 Å². The van der Waals surface area contributed by atoms with E-state index in [1.54, 1.807) is 6.07 Å². The maximum absolute atomic E-state index is 14.3. The quantitative estimate of drug-likeness (QED) is 0.115. The van der Waals surface area contributed by atoms with Crippen molar-refractivity contribution in [3.8, 4) is 40.2 Å². The van der Waals surface area contributed by atoms with Gasteiger partial charge in [-0.1, -0.05) is 23.8 Å². The Labute approximate surface area is 257 Å². The van der Waals surface area contributed by atoms with Crippen LogP contribution in [0.3, 0.4) is 0 Å². The minimum atomic E-state index is -1.68. The lowest BCUT2D eigenvalue weighted by atomic mass is 9.65. The second-order valence-electron chi connectivity index (χ2n) is 11.5. The van der Waals surface area contributed by atoms with Gasteiger partial charge in [-0.2, -0.15) is 0 Å². The van der Waals surface area contributed by atoms with E-state index in [4.69, 9.17) is 4.74 Å². The lowest BCUT2D eigenvalue weighted by Gasteiger charge is -2.37. The molecule has 0 amide bonds. The van der Waals surface area contributed by atoms with Gasteiger partial charge in [-0.3, -0.25) is 9.59 Å². The molecule has 7 N–H and O–H groups in total. The molecule has 45 heavy (non-hydrogen) atoms. The molecular formula is C35H30O10. The predicted octanol–water partition coefficient (Wildman–Crippen LogP) is 5.31. The zero-order valence-corrected chi connectivity index (χ0v) is 24.0. The molecular weight excluding hydrogens is 580 g/mol. The number of aliphatic hydroxyl groups is 1. The van der Waals surface area contributed by atoms with Crippen LogP contribution in [0, 0.1) is 5.92 Å². The number of ether oxygens (including phenoxy) is 1. The summed E-state index contributed by atoms with van der Waals surface area (Å²) in [5.41, 5.74) is 1.88. The summed E-state index contributed by atoms with van der Waals surface area (Å²) in [6.45, 7) is 1.87. The van der Waals surface area contributed by atoms with Crippen LogP contribution in [-0.2, 0) is 0 Å². The van der Waals surface area contributed by atoms with E-state index in [0.717, 1.165) is 11.6 Å². The van der Waals surface area contributed by atoms with Crippen LogP contribution in [0.15, 0.2) is 84.4 Å². The molecule has 10 heteroatoms. The smallest absolute Gasteiger partial charge is 0.199 e. The highest BCUT2D eigenvalue weighted by molar-refractivity contribution is 6.03. The molecule has 5 atom stereocenters. The molecule has 0 saturated heterocycles. The van der Waals surface area contributed by atoms with Crippen LogP contribution in [0.25, 0.3) is 0 Å². The van der Waals surface area contributed by atoms with Crippen LogP contribution in [-0.4, -0.2) is 53.4 Å². The fourth-order valence-corrected chi connectivity index (χ4v) is 6.46. The second kappa shape index (κ2) is 11.2. The van der Waals surface area contributed by atoms with Gasteiger partial charge in [0.1, 0.15) is 40.2 Å². The molecule has 6 rings (SSSR count). The second-order valence-corrected chi connectivity index (χ2v) is 11.5. The molecule has 1 aliphatic carbocycles. The van der Waals surface area contributed by atoms with Gasteiger partial charge in [0.2, 0.25) is 0 Å². The van der Waals surface area contributed by atoms with Gasteiger partial charge in [-0.05, 0) is 66.9 Å². The van der Waals surface area contributed by atoms with Gasteiger partial charge in [0.05, 0.1) is 11.1 Å². The summed E-state index contributed by atoms with van der Waals surface area (Å²) >= 11 is 0. The zero-order chi connectivity index (χ0) is 32.2. The van der Waals surface area contributed by atoms with Crippen molar-refractivity contribution >= 4 is 11.6 Å². The van der Waals surface area contributed by atoms with Crippen LogP contribution >= 0.6 is 0 Å². The van der Waals surface area contributed by atoms with E-state index >= 15 is 0 Å². The van der Waals surface area contributed by atoms with Crippen molar-refractivity contribution in [2.24, 2.45) is 5.92 Å². The Morgan fingerprint density at radius 2 is 1.42 bits per heavy atom. The van der Waals surface area contributed by atoms with E-state index in [2.05, 4.69) is 0 Å². The first-order chi connectivity index (χ1) is 21.4. The van der Waals surface area contributed by atoms with E-state index in [1.807, 2.05) is 13.0 Å². The number of ketones is 2. The number of phenols is 6. The molecule has 4 aromatic rings. The minimum Gasteiger partial charge on any atom is -0.508 e. The van der Waals surface area contributed by atoms with Crippen molar-refractivity contribution in [2.75, 3.05) is 0 Å². The molecule has 2 aliphatic rings. The average Bonchev–Trinajstić information content (AvgIpc) is 2.98. The first kappa shape index (κ1) is 29.6. The summed E-state index contributed by atoms with van der Waals surface area (Å²) in [5, 5.41) is 73.1. The molecule has 0 unspecified atom stereocenters. The summed E-state index contributed by atoms with van der Waals surface area (Å²) in [4.78, 5) is 27.3. The molecule has 0 fully saturated rings. The number of hydrogen-bond donors (Lipinski definition) is 7. The maximum atomic E-state index is 14.3. The molecule has 0 spiro atoms. The summed E-state index contributed by atoms with van der Waals surface area (Å²) < 4.78 is 5.93. The highest BCUT2D eigenvalue weighted by Crippen LogP contribution is 2.50. The summed E-state index contributed by atoms with van der Waals surface area (Å²) in [6.07, 6.45) is -0.790. The van der Waals surface area contributed by atoms with Gasteiger partial charge in [-0.25, -0.2) is 0 Å². The van der Waals surface area contributed by atoms with E-state index in [9.17, 15) is 45.3 Å². The monoisotopic (exact) mass is 610 g/mol. The van der Waals surface area contributed by atoms with Crippen LogP contribution in [0.2, 0.25) is 0 Å². The molecule has 230 valence electrons. The third kappa shape index (κ3) is 5.29. The third-order valence-corrected chi connectivity index (χ3v) is 8.57. The Morgan fingerprint density at radius 1 is 0.756 bits per heavy atom. The van der Waals surface area contributed by atoms with E-state index < -0.39 is 47.3 Å². The van der Waals surface area contributed by atoms with E-state index in [1.165, 1.54) is 60.7 Å². The lowest BCUT2D eigenvalue weighted by molar-refractivity contribution is 0.0207. The largest absolute Gasteiger partial charge is 0.508 e. The number of carbonyl (C=O) groups excluding carboxylic acids is 2. The minimum absolute atomic E-state index is 0.0345. The summed E-state index contributed by atoms with van der Waals surface area (Å²) in [6, 6.07) is 16.2. The standard InChI is InChI=1S/C35H30O10/c1-16-10-24(17-2-9-27(39)26(12-17)35-34(44)33(43)23-8-5-20(38)15-30(23)45-35)31(32(42)22-7-4-19(37)14-29(22)41)25(11-16)21-6-3-18(36)13-28(21)40/h2-10,12-15,24-25,31,34-41,44H,11H2,1H3/t24-,25+,31-,34-,35-/m0/s1. The van der Waals surface area contributed by atoms with E-state index in [-0.39, 0.29) is 51.2 Å². The van der Waals surface area contributed by atoms with Crippen molar-refractivity contribution in [1.29, 1.82) is 0 Å². The molecule has 4 aromatic carbocycles. The Bertz CT molecular complexity index is 1880. The molecule has 10 nitrogen and oxygen atoms in total.